The molecule has 21 heavy (non-hydrogen) atoms. The summed E-state index contributed by atoms with van der Waals surface area (Å²) in [6.45, 7) is 4.32. The van der Waals surface area contributed by atoms with Crippen LogP contribution in [0.4, 0.5) is 0 Å². The van der Waals surface area contributed by atoms with Gasteiger partial charge in [-0.25, -0.2) is 4.79 Å². The van der Waals surface area contributed by atoms with Gasteiger partial charge in [-0.2, -0.15) is 5.26 Å². The summed E-state index contributed by atoms with van der Waals surface area (Å²) < 4.78 is 5.27. The van der Waals surface area contributed by atoms with Gasteiger partial charge in [0, 0.05) is 0 Å². The van der Waals surface area contributed by atoms with Crippen LogP contribution in [0.5, 0.6) is 5.75 Å². The van der Waals surface area contributed by atoms with Crippen molar-refractivity contribution in [2.75, 3.05) is 0 Å². The van der Waals surface area contributed by atoms with Gasteiger partial charge in [-0.05, 0) is 54.3 Å². The van der Waals surface area contributed by atoms with E-state index in [4.69, 9.17) is 10.00 Å². The van der Waals surface area contributed by atoms with Crippen molar-refractivity contribution in [3.63, 3.8) is 0 Å². The van der Waals surface area contributed by atoms with Crippen molar-refractivity contribution in [3.8, 4) is 11.8 Å². The molecule has 2 aromatic rings. The lowest BCUT2D eigenvalue weighted by molar-refractivity contribution is 0.0735. The highest BCUT2D eigenvalue weighted by molar-refractivity contribution is 5.91. The van der Waals surface area contributed by atoms with Gasteiger partial charge in [0.25, 0.3) is 0 Å². The molecule has 0 aliphatic heterocycles. The molecule has 106 valence electrons. The Morgan fingerprint density at radius 3 is 2.24 bits per heavy atom. The minimum atomic E-state index is -0.393. The van der Waals surface area contributed by atoms with Crippen LogP contribution in [0.15, 0.2) is 48.5 Å². The van der Waals surface area contributed by atoms with E-state index in [9.17, 15) is 4.79 Å². The lowest BCUT2D eigenvalue weighted by atomic mass is 10.0. The smallest absolute Gasteiger partial charge is 0.343 e. The van der Waals surface area contributed by atoms with Gasteiger partial charge >= 0.3 is 5.97 Å². The summed E-state index contributed by atoms with van der Waals surface area (Å²) in [5.74, 6) is 0.627. The van der Waals surface area contributed by atoms with Crippen molar-refractivity contribution >= 4 is 5.97 Å². The maximum Gasteiger partial charge on any atom is 0.343 e. The fourth-order valence-electron chi connectivity index (χ4n) is 2.01. The zero-order chi connectivity index (χ0) is 15.2. The number of rotatable bonds is 4. The standard InChI is InChI=1S/C18H17NO2/c1-13(2)11-14-3-7-16(8-4-14)18(20)21-17-9-5-15(12-19)6-10-17/h3-10,13H,11H2,1-2H3. The van der Waals surface area contributed by atoms with Crippen LogP contribution >= 0.6 is 0 Å². The molecule has 0 N–H and O–H groups in total. The fourth-order valence-corrected chi connectivity index (χ4v) is 2.01. The predicted octanol–water partition coefficient (Wildman–Crippen LogP) is 3.98. The van der Waals surface area contributed by atoms with Crippen LogP contribution in [0.2, 0.25) is 0 Å². The third kappa shape index (κ3) is 4.19. The lowest BCUT2D eigenvalue weighted by Crippen LogP contribution is -2.08. The lowest BCUT2D eigenvalue weighted by Gasteiger charge is -2.07. The van der Waals surface area contributed by atoms with Crippen molar-refractivity contribution in [2.45, 2.75) is 20.3 Å². The quantitative estimate of drug-likeness (QED) is 0.628. The van der Waals surface area contributed by atoms with Gasteiger partial charge in [0.1, 0.15) is 5.75 Å². The van der Waals surface area contributed by atoms with Crippen molar-refractivity contribution in [1.29, 1.82) is 5.26 Å². The molecular formula is C18H17NO2. The zero-order valence-corrected chi connectivity index (χ0v) is 12.2. The average molecular weight is 279 g/mol. The number of benzene rings is 2. The number of hydrogen-bond donors (Lipinski definition) is 0. The summed E-state index contributed by atoms with van der Waals surface area (Å²) in [6.07, 6.45) is 0.991. The van der Waals surface area contributed by atoms with Crippen molar-refractivity contribution in [3.05, 3.63) is 65.2 Å². The first-order chi connectivity index (χ1) is 10.1. The molecular weight excluding hydrogens is 262 g/mol. The van der Waals surface area contributed by atoms with E-state index in [-0.39, 0.29) is 0 Å². The Hall–Kier alpha value is -2.60. The summed E-state index contributed by atoms with van der Waals surface area (Å²) in [5, 5.41) is 8.72. The number of nitrogens with zero attached hydrogens (tertiary/aromatic N) is 1. The largest absolute Gasteiger partial charge is 0.423 e. The normalized spacial score (nSPS) is 10.2. The van der Waals surface area contributed by atoms with E-state index >= 15 is 0 Å². The molecule has 0 bridgehead atoms. The number of hydrogen-bond acceptors (Lipinski definition) is 3. The van der Waals surface area contributed by atoms with Crippen LogP contribution in [-0.2, 0) is 6.42 Å². The van der Waals surface area contributed by atoms with Crippen molar-refractivity contribution in [2.24, 2.45) is 5.92 Å². The Morgan fingerprint density at radius 2 is 1.71 bits per heavy atom. The Kier molecular flexibility index (Phi) is 4.73. The molecule has 0 fully saturated rings. The molecule has 3 heteroatoms. The summed E-state index contributed by atoms with van der Waals surface area (Å²) in [4.78, 5) is 12.0. The molecule has 0 atom stereocenters. The van der Waals surface area contributed by atoms with E-state index in [0.717, 1.165) is 6.42 Å². The van der Waals surface area contributed by atoms with Gasteiger partial charge in [-0.3, -0.25) is 0 Å². The molecule has 0 aliphatic rings. The number of carbonyl (C=O) groups is 1. The first-order valence-electron chi connectivity index (χ1n) is 6.90. The molecule has 0 spiro atoms. The van der Waals surface area contributed by atoms with Crippen molar-refractivity contribution < 1.29 is 9.53 Å². The van der Waals surface area contributed by atoms with Crippen LogP contribution in [0, 0.1) is 17.2 Å². The maximum atomic E-state index is 12.0. The highest BCUT2D eigenvalue weighted by atomic mass is 16.5. The van der Waals surface area contributed by atoms with Gasteiger partial charge < -0.3 is 4.74 Å². The molecule has 2 rings (SSSR count). The Labute approximate surface area is 124 Å². The first-order valence-corrected chi connectivity index (χ1v) is 6.90. The number of ether oxygens (including phenoxy) is 1. The van der Waals surface area contributed by atoms with E-state index in [1.54, 1.807) is 36.4 Å². The molecule has 0 saturated carbocycles. The SMILES string of the molecule is CC(C)Cc1ccc(C(=O)Oc2ccc(C#N)cc2)cc1. The van der Waals surface area contributed by atoms with Crippen LogP contribution in [0.1, 0.15) is 35.3 Å². The summed E-state index contributed by atoms with van der Waals surface area (Å²) >= 11 is 0. The zero-order valence-electron chi connectivity index (χ0n) is 12.2. The average Bonchev–Trinajstić information content (AvgIpc) is 2.48. The monoisotopic (exact) mass is 279 g/mol. The van der Waals surface area contributed by atoms with E-state index in [0.29, 0.717) is 22.8 Å². The molecule has 2 aromatic carbocycles. The van der Waals surface area contributed by atoms with E-state index in [1.165, 1.54) is 5.56 Å². The highest BCUT2D eigenvalue weighted by Crippen LogP contribution is 2.15. The second-order valence-corrected chi connectivity index (χ2v) is 5.32. The summed E-state index contributed by atoms with van der Waals surface area (Å²) in [6, 6.07) is 16.0. The first kappa shape index (κ1) is 14.8. The van der Waals surface area contributed by atoms with Crippen LogP contribution in [0.3, 0.4) is 0 Å². The molecule has 0 radical (unpaired) electrons. The molecule has 0 unspecified atom stereocenters. The molecule has 0 heterocycles. The van der Waals surface area contributed by atoms with Crippen LogP contribution in [-0.4, -0.2) is 5.97 Å². The summed E-state index contributed by atoms with van der Waals surface area (Å²) in [7, 11) is 0. The molecule has 0 aliphatic carbocycles. The topological polar surface area (TPSA) is 50.1 Å². The maximum absolute atomic E-state index is 12.0. The van der Waals surface area contributed by atoms with Crippen molar-refractivity contribution in [1.82, 2.24) is 0 Å². The van der Waals surface area contributed by atoms with Gasteiger partial charge in [-0.1, -0.05) is 26.0 Å². The van der Waals surface area contributed by atoms with Crippen LogP contribution in [0.25, 0.3) is 0 Å². The van der Waals surface area contributed by atoms with E-state index < -0.39 is 5.97 Å². The predicted molar refractivity (Wildman–Crippen MR) is 81.1 cm³/mol. The molecule has 0 saturated heterocycles. The van der Waals surface area contributed by atoms with E-state index in [1.807, 2.05) is 18.2 Å². The fraction of sp³-hybridized carbons (Fsp3) is 0.222. The third-order valence-electron chi connectivity index (χ3n) is 3.03. The molecule has 3 nitrogen and oxygen atoms in total. The molecule has 0 aromatic heterocycles. The minimum absolute atomic E-state index is 0.393. The summed E-state index contributed by atoms with van der Waals surface area (Å²) in [5.41, 5.74) is 2.26. The van der Waals surface area contributed by atoms with Gasteiger partial charge in [-0.15, -0.1) is 0 Å². The molecule has 0 amide bonds. The third-order valence-corrected chi connectivity index (χ3v) is 3.03. The Morgan fingerprint density at radius 1 is 1.10 bits per heavy atom. The van der Waals surface area contributed by atoms with Crippen LogP contribution < -0.4 is 4.74 Å². The second-order valence-electron chi connectivity index (χ2n) is 5.32. The minimum Gasteiger partial charge on any atom is -0.423 e. The second kappa shape index (κ2) is 6.71. The highest BCUT2D eigenvalue weighted by Gasteiger charge is 2.09. The number of carbonyl (C=O) groups excluding carboxylic acids is 1. The Balaban J connectivity index is 2.04. The van der Waals surface area contributed by atoms with E-state index in [2.05, 4.69) is 13.8 Å². The Bertz CT molecular complexity index is 649. The number of esters is 1. The van der Waals surface area contributed by atoms with Gasteiger partial charge in [0.2, 0.25) is 0 Å². The number of nitriles is 1. The van der Waals surface area contributed by atoms with Gasteiger partial charge in [0.05, 0.1) is 17.2 Å². The van der Waals surface area contributed by atoms with Gasteiger partial charge in [0.15, 0.2) is 0 Å².